The van der Waals surface area contributed by atoms with Gasteiger partial charge in [0, 0.05) is 10.4 Å². The Balaban J connectivity index is 2.09. The van der Waals surface area contributed by atoms with Gasteiger partial charge in [0.2, 0.25) is 0 Å². The van der Waals surface area contributed by atoms with Crippen molar-refractivity contribution in [2.45, 2.75) is 38.6 Å². The third-order valence-electron chi connectivity index (χ3n) is 3.45. The first-order chi connectivity index (χ1) is 8.16. The SMILES string of the molecule is CC(N=C(N)C1CCCC1)c1cccc(Br)c1. The third-order valence-corrected chi connectivity index (χ3v) is 3.94. The molecule has 0 amide bonds. The zero-order valence-corrected chi connectivity index (χ0v) is 11.8. The molecule has 2 N–H and O–H groups in total. The number of amidine groups is 1. The molecule has 1 aromatic carbocycles. The largest absolute Gasteiger partial charge is 0.387 e. The van der Waals surface area contributed by atoms with Gasteiger partial charge in [-0.1, -0.05) is 40.9 Å². The van der Waals surface area contributed by atoms with Gasteiger partial charge in [-0.05, 0) is 37.5 Å². The van der Waals surface area contributed by atoms with E-state index in [-0.39, 0.29) is 6.04 Å². The van der Waals surface area contributed by atoms with Gasteiger partial charge in [0.1, 0.15) is 0 Å². The van der Waals surface area contributed by atoms with E-state index in [1.165, 1.54) is 31.2 Å². The zero-order valence-electron chi connectivity index (χ0n) is 10.2. The summed E-state index contributed by atoms with van der Waals surface area (Å²) in [6, 6.07) is 8.42. The molecule has 1 aromatic rings. The lowest BCUT2D eigenvalue weighted by Gasteiger charge is -2.13. The van der Waals surface area contributed by atoms with Crippen LogP contribution in [0.4, 0.5) is 0 Å². The van der Waals surface area contributed by atoms with Crippen molar-refractivity contribution in [3.05, 3.63) is 34.3 Å². The van der Waals surface area contributed by atoms with E-state index in [0.717, 1.165) is 10.3 Å². The Morgan fingerprint density at radius 3 is 2.76 bits per heavy atom. The first-order valence-electron chi connectivity index (χ1n) is 6.25. The highest BCUT2D eigenvalue weighted by Gasteiger charge is 2.19. The van der Waals surface area contributed by atoms with E-state index in [4.69, 9.17) is 5.73 Å². The molecule has 0 radical (unpaired) electrons. The minimum absolute atomic E-state index is 0.146. The molecule has 0 aromatic heterocycles. The number of nitrogens with two attached hydrogens (primary N) is 1. The molecule has 2 rings (SSSR count). The Morgan fingerprint density at radius 2 is 2.12 bits per heavy atom. The summed E-state index contributed by atoms with van der Waals surface area (Å²) in [6.45, 7) is 2.10. The van der Waals surface area contributed by atoms with Gasteiger partial charge < -0.3 is 5.73 Å². The van der Waals surface area contributed by atoms with Crippen LogP contribution in [0.1, 0.15) is 44.2 Å². The summed E-state index contributed by atoms with van der Waals surface area (Å²) in [7, 11) is 0. The molecule has 2 nitrogen and oxygen atoms in total. The molecule has 1 fully saturated rings. The van der Waals surface area contributed by atoms with Crippen LogP contribution in [0.5, 0.6) is 0 Å². The Morgan fingerprint density at radius 1 is 1.41 bits per heavy atom. The van der Waals surface area contributed by atoms with E-state index in [2.05, 4.69) is 40.0 Å². The average molecular weight is 295 g/mol. The summed E-state index contributed by atoms with van der Waals surface area (Å²) >= 11 is 3.48. The van der Waals surface area contributed by atoms with E-state index in [1.54, 1.807) is 0 Å². The fourth-order valence-electron chi connectivity index (χ4n) is 2.39. The standard InChI is InChI=1S/C14H19BrN2/c1-10(12-7-4-8-13(15)9-12)17-14(16)11-5-2-3-6-11/h4,7-11H,2-3,5-6H2,1H3,(H2,16,17). The second kappa shape index (κ2) is 5.67. The Bertz CT molecular complexity index is 408. The predicted molar refractivity (Wildman–Crippen MR) is 76.1 cm³/mol. The lowest BCUT2D eigenvalue weighted by atomic mass is 10.1. The monoisotopic (exact) mass is 294 g/mol. The summed E-state index contributed by atoms with van der Waals surface area (Å²) < 4.78 is 1.09. The van der Waals surface area contributed by atoms with Crippen molar-refractivity contribution < 1.29 is 0 Å². The summed E-state index contributed by atoms with van der Waals surface area (Å²) in [6.07, 6.45) is 5.01. The lowest BCUT2D eigenvalue weighted by Crippen LogP contribution is -2.22. The zero-order chi connectivity index (χ0) is 12.3. The Kier molecular flexibility index (Phi) is 4.21. The van der Waals surface area contributed by atoms with Gasteiger partial charge in [-0.3, -0.25) is 4.99 Å². The third kappa shape index (κ3) is 3.32. The number of benzene rings is 1. The van der Waals surface area contributed by atoms with Crippen LogP contribution in [-0.2, 0) is 0 Å². The molecular formula is C14H19BrN2. The Labute approximate surface area is 111 Å². The summed E-state index contributed by atoms with van der Waals surface area (Å²) in [4.78, 5) is 4.64. The molecule has 0 spiro atoms. The van der Waals surface area contributed by atoms with Crippen molar-refractivity contribution in [1.82, 2.24) is 0 Å². The van der Waals surface area contributed by atoms with Crippen molar-refractivity contribution >= 4 is 21.8 Å². The van der Waals surface area contributed by atoms with Crippen LogP contribution in [0.2, 0.25) is 0 Å². The van der Waals surface area contributed by atoms with Gasteiger partial charge in [-0.2, -0.15) is 0 Å². The molecule has 3 heteroatoms. The highest BCUT2D eigenvalue weighted by atomic mass is 79.9. The number of halogens is 1. The fraction of sp³-hybridized carbons (Fsp3) is 0.500. The number of nitrogens with zero attached hydrogens (tertiary/aromatic N) is 1. The van der Waals surface area contributed by atoms with E-state index < -0.39 is 0 Å². The highest BCUT2D eigenvalue weighted by Crippen LogP contribution is 2.27. The molecule has 0 saturated heterocycles. The van der Waals surface area contributed by atoms with E-state index in [0.29, 0.717) is 5.92 Å². The molecule has 0 bridgehead atoms. The molecule has 17 heavy (non-hydrogen) atoms. The normalized spacial score (nSPS) is 19.5. The van der Waals surface area contributed by atoms with Crippen molar-refractivity contribution in [2.24, 2.45) is 16.6 Å². The number of hydrogen-bond acceptors (Lipinski definition) is 1. The second-order valence-corrected chi connectivity index (χ2v) is 5.68. The van der Waals surface area contributed by atoms with Crippen LogP contribution in [-0.4, -0.2) is 5.84 Å². The predicted octanol–water partition coefficient (Wildman–Crippen LogP) is 4.06. The molecule has 1 saturated carbocycles. The number of hydrogen-bond donors (Lipinski definition) is 1. The molecule has 0 heterocycles. The van der Waals surface area contributed by atoms with Gasteiger partial charge in [-0.25, -0.2) is 0 Å². The van der Waals surface area contributed by atoms with Gasteiger partial charge in [0.15, 0.2) is 0 Å². The minimum atomic E-state index is 0.146. The molecule has 1 aliphatic carbocycles. The smallest absolute Gasteiger partial charge is 0.0975 e. The topological polar surface area (TPSA) is 38.4 Å². The molecular weight excluding hydrogens is 276 g/mol. The van der Waals surface area contributed by atoms with Gasteiger partial charge >= 0.3 is 0 Å². The first kappa shape index (κ1) is 12.6. The average Bonchev–Trinajstić information content (AvgIpc) is 2.82. The quantitative estimate of drug-likeness (QED) is 0.663. The Hall–Kier alpha value is -0.830. The van der Waals surface area contributed by atoms with Crippen molar-refractivity contribution in [1.29, 1.82) is 0 Å². The summed E-state index contributed by atoms with van der Waals surface area (Å²) in [5.41, 5.74) is 7.30. The number of rotatable bonds is 3. The van der Waals surface area contributed by atoms with Crippen molar-refractivity contribution in [3.8, 4) is 0 Å². The minimum Gasteiger partial charge on any atom is -0.387 e. The lowest BCUT2D eigenvalue weighted by molar-refractivity contribution is 0.699. The summed E-state index contributed by atoms with van der Waals surface area (Å²) in [5.74, 6) is 1.36. The van der Waals surface area contributed by atoms with E-state index in [1.807, 2.05) is 12.1 Å². The van der Waals surface area contributed by atoms with Crippen LogP contribution in [0.3, 0.4) is 0 Å². The molecule has 0 aliphatic heterocycles. The maximum Gasteiger partial charge on any atom is 0.0975 e. The van der Waals surface area contributed by atoms with Gasteiger partial charge in [0.25, 0.3) is 0 Å². The van der Waals surface area contributed by atoms with E-state index in [9.17, 15) is 0 Å². The molecule has 1 atom stereocenters. The second-order valence-electron chi connectivity index (χ2n) is 4.77. The fourth-order valence-corrected chi connectivity index (χ4v) is 2.81. The molecule has 1 unspecified atom stereocenters. The van der Waals surface area contributed by atoms with Gasteiger partial charge in [-0.15, -0.1) is 0 Å². The molecule has 1 aliphatic rings. The first-order valence-corrected chi connectivity index (χ1v) is 7.05. The van der Waals surface area contributed by atoms with Crippen molar-refractivity contribution in [3.63, 3.8) is 0 Å². The van der Waals surface area contributed by atoms with E-state index >= 15 is 0 Å². The maximum atomic E-state index is 6.09. The van der Waals surface area contributed by atoms with Crippen LogP contribution in [0.25, 0.3) is 0 Å². The molecule has 92 valence electrons. The highest BCUT2D eigenvalue weighted by molar-refractivity contribution is 9.10. The van der Waals surface area contributed by atoms with Gasteiger partial charge in [0.05, 0.1) is 11.9 Å². The van der Waals surface area contributed by atoms with Crippen LogP contribution >= 0.6 is 15.9 Å². The van der Waals surface area contributed by atoms with Crippen LogP contribution in [0, 0.1) is 5.92 Å². The van der Waals surface area contributed by atoms with Crippen LogP contribution in [0.15, 0.2) is 33.7 Å². The van der Waals surface area contributed by atoms with Crippen LogP contribution < -0.4 is 5.73 Å². The summed E-state index contributed by atoms with van der Waals surface area (Å²) in [5, 5.41) is 0. The van der Waals surface area contributed by atoms with Crippen molar-refractivity contribution in [2.75, 3.05) is 0 Å². The maximum absolute atomic E-state index is 6.09. The number of aliphatic imine (C=N–C) groups is 1.